The number of carbonyl (C=O) groups excluding carboxylic acids is 1. The summed E-state index contributed by atoms with van der Waals surface area (Å²) >= 11 is 0. The number of carbonyl (C=O) groups is 1. The molecule has 2 aromatic carbocycles. The van der Waals surface area contributed by atoms with Crippen LogP contribution in [0.2, 0.25) is 0 Å². The van der Waals surface area contributed by atoms with E-state index in [0.717, 1.165) is 30.3 Å². The van der Waals surface area contributed by atoms with Crippen molar-refractivity contribution >= 4 is 33.9 Å². The van der Waals surface area contributed by atoms with Crippen molar-refractivity contribution < 1.29 is 19.0 Å². The molecular weight excluding hydrogens is 446 g/mol. The fourth-order valence-electron chi connectivity index (χ4n) is 4.18. The van der Waals surface area contributed by atoms with E-state index < -0.39 is 0 Å². The van der Waals surface area contributed by atoms with E-state index in [-0.39, 0.29) is 5.91 Å². The number of nitrogens with zero attached hydrogens (tertiary/aromatic N) is 3. The molecule has 184 valence electrons. The second kappa shape index (κ2) is 10.5. The number of fused-ring (bicyclic) bond motifs is 2. The van der Waals surface area contributed by atoms with Crippen LogP contribution in [0.1, 0.15) is 42.1 Å². The Morgan fingerprint density at radius 2 is 1.66 bits per heavy atom. The Bertz CT molecular complexity index is 1340. The molecular formula is C26H31N5O4. The SMILES string of the molecule is CCCCCNC(=O)c1c(N)n(Cc2cc(OC)c(OC)c(OC)c2)c2nc3ccccc3nc12. The molecule has 0 spiro atoms. The maximum atomic E-state index is 13.2. The zero-order valence-corrected chi connectivity index (χ0v) is 20.6. The quantitative estimate of drug-likeness (QED) is 0.330. The number of methoxy groups -OCH3 is 3. The Balaban J connectivity index is 1.84. The van der Waals surface area contributed by atoms with E-state index in [2.05, 4.69) is 12.2 Å². The number of nitrogens with two attached hydrogens (primary N) is 1. The lowest BCUT2D eigenvalue weighted by Gasteiger charge is -2.15. The highest BCUT2D eigenvalue weighted by molar-refractivity contribution is 6.10. The van der Waals surface area contributed by atoms with Crippen molar-refractivity contribution in [2.24, 2.45) is 0 Å². The van der Waals surface area contributed by atoms with Crippen LogP contribution in [0.3, 0.4) is 0 Å². The van der Waals surface area contributed by atoms with E-state index in [1.807, 2.05) is 36.4 Å². The van der Waals surface area contributed by atoms with Crippen molar-refractivity contribution in [1.29, 1.82) is 0 Å². The number of ether oxygens (including phenoxy) is 3. The fraction of sp³-hybridized carbons (Fsp3) is 0.346. The number of rotatable bonds is 10. The Morgan fingerprint density at radius 3 is 2.26 bits per heavy atom. The summed E-state index contributed by atoms with van der Waals surface area (Å²) in [6, 6.07) is 11.3. The zero-order valence-electron chi connectivity index (χ0n) is 20.6. The van der Waals surface area contributed by atoms with Gasteiger partial charge in [0.05, 0.1) is 38.9 Å². The van der Waals surface area contributed by atoms with Gasteiger partial charge in [-0.2, -0.15) is 0 Å². The van der Waals surface area contributed by atoms with Crippen LogP contribution in [0.4, 0.5) is 5.82 Å². The lowest BCUT2D eigenvalue weighted by Crippen LogP contribution is -2.25. The summed E-state index contributed by atoms with van der Waals surface area (Å²) in [7, 11) is 4.70. The number of unbranched alkanes of at least 4 members (excludes halogenated alkanes) is 2. The lowest BCUT2D eigenvalue weighted by molar-refractivity contribution is 0.0955. The molecule has 0 aliphatic heterocycles. The molecule has 0 saturated carbocycles. The summed E-state index contributed by atoms with van der Waals surface area (Å²) in [6.07, 6.45) is 3.02. The van der Waals surface area contributed by atoms with Gasteiger partial charge in [-0.3, -0.25) is 4.79 Å². The minimum Gasteiger partial charge on any atom is -0.493 e. The predicted molar refractivity (Wildman–Crippen MR) is 137 cm³/mol. The normalized spacial score (nSPS) is 11.1. The van der Waals surface area contributed by atoms with E-state index in [1.54, 1.807) is 25.9 Å². The van der Waals surface area contributed by atoms with E-state index in [4.69, 9.17) is 29.9 Å². The van der Waals surface area contributed by atoms with Crippen molar-refractivity contribution in [3.8, 4) is 17.2 Å². The predicted octanol–water partition coefficient (Wildman–Crippen LogP) is 4.16. The number of para-hydroxylation sites is 2. The van der Waals surface area contributed by atoms with Crippen LogP contribution in [-0.2, 0) is 6.54 Å². The minimum atomic E-state index is -0.253. The number of amides is 1. The third-order valence-corrected chi connectivity index (χ3v) is 5.95. The molecule has 0 radical (unpaired) electrons. The van der Waals surface area contributed by atoms with Gasteiger partial charge in [0, 0.05) is 6.54 Å². The van der Waals surface area contributed by atoms with Crippen LogP contribution in [0.5, 0.6) is 17.2 Å². The van der Waals surface area contributed by atoms with Gasteiger partial charge < -0.3 is 29.8 Å². The van der Waals surface area contributed by atoms with Gasteiger partial charge in [0.15, 0.2) is 17.1 Å². The van der Waals surface area contributed by atoms with Gasteiger partial charge >= 0.3 is 0 Å². The van der Waals surface area contributed by atoms with Crippen molar-refractivity contribution in [3.63, 3.8) is 0 Å². The first-order chi connectivity index (χ1) is 17.0. The molecule has 2 aromatic heterocycles. The van der Waals surface area contributed by atoms with Crippen LogP contribution < -0.4 is 25.3 Å². The van der Waals surface area contributed by atoms with E-state index in [1.165, 1.54) is 0 Å². The molecule has 0 bridgehead atoms. The molecule has 2 heterocycles. The molecule has 4 aromatic rings. The summed E-state index contributed by atoms with van der Waals surface area (Å²) in [5, 5.41) is 2.99. The molecule has 0 saturated heterocycles. The van der Waals surface area contributed by atoms with Crippen molar-refractivity contribution in [1.82, 2.24) is 19.9 Å². The highest BCUT2D eigenvalue weighted by Crippen LogP contribution is 2.39. The Kier molecular flexibility index (Phi) is 7.24. The third kappa shape index (κ3) is 4.66. The average molecular weight is 478 g/mol. The second-order valence-electron chi connectivity index (χ2n) is 8.23. The van der Waals surface area contributed by atoms with Gasteiger partial charge in [-0.1, -0.05) is 31.9 Å². The highest BCUT2D eigenvalue weighted by atomic mass is 16.5. The molecule has 0 fully saturated rings. The smallest absolute Gasteiger partial charge is 0.257 e. The molecule has 0 aliphatic rings. The molecule has 0 aliphatic carbocycles. The van der Waals surface area contributed by atoms with Gasteiger partial charge in [-0.05, 0) is 36.2 Å². The maximum Gasteiger partial charge on any atom is 0.257 e. The third-order valence-electron chi connectivity index (χ3n) is 5.95. The first-order valence-electron chi connectivity index (χ1n) is 11.6. The van der Waals surface area contributed by atoms with Crippen molar-refractivity contribution in [2.75, 3.05) is 33.6 Å². The first-order valence-corrected chi connectivity index (χ1v) is 11.6. The van der Waals surface area contributed by atoms with Gasteiger partial charge in [0.2, 0.25) is 5.75 Å². The number of nitrogen functional groups attached to an aromatic ring is 1. The van der Waals surface area contributed by atoms with Crippen LogP contribution in [0.15, 0.2) is 36.4 Å². The Morgan fingerprint density at radius 1 is 1.00 bits per heavy atom. The van der Waals surface area contributed by atoms with Gasteiger partial charge in [-0.25, -0.2) is 9.97 Å². The molecule has 1 amide bonds. The molecule has 0 unspecified atom stereocenters. The minimum absolute atomic E-state index is 0.253. The maximum absolute atomic E-state index is 13.2. The number of anilines is 1. The summed E-state index contributed by atoms with van der Waals surface area (Å²) in [6.45, 7) is 3.03. The number of nitrogens with one attached hydrogen (secondary N) is 1. The van der Waals surface area contributed by atoms with E-state index in [0.29, 0.717) is 58.4 Å². The molecule has 9 heteroatoms. The van der Waals surface area contributed by atoms with Crippen LogP contribution in [0, 0.1) is 0 Å². The van der Waals surface area contributed by atoms with Crippen LogP contribution in [0.25, 0.3) is 22.2 Å². The molecule has 35 heavy (non-hydrogen) atoms. The number of hydrogen-bond donors (Lipinski definition) is 2. The average Bonchev–Trinajstić information content (AvgIpc) is 3.14. The van der Waals surface area contributed by atoms with Gasteiger partial charge in [-0.15, -0.1) is 0 Å². The second-order valence-corrected chi connectivity index (χ2v) is 8.23. The monoisotopic (exact) mass is 477 g/mol. The Labute approximate surface area is 204 Å². The van der Waals surface area contributed by atoms with Crippen LogP contribution in [-0.4, -0.2) is 48.3 Å². The molecule has 0 atom stereocenters. The molecule has 3 N–H and O–H groups in total. The zero-order chi connectivity index (χ0) is 24.9. The molecule has 4 rings (SSSR count). The van der Waals surface area contributed by atoms with Crippen LogP contribution >= 0.6 is 0 Å². The lowest BCUT2D eigenvalue weighted by atomic mass is 10.1. The van der Waals surface area contributed by atoms with Crippen molar-refractivity contribution in [2.45, 2.75) is 32.7 Å². The standard InChI is InChI=1S/C26H31N5O4/c1-5-6-9-12-28-26(32)21-22-25(30-18-11-8-7-10-17(18)29-22)31(24(21)27)15-16-13-19(33-2)23(35-4)20(14-16)34-3/h7-8,10-11,13-14H,5-6,9,12,15,27H2,1-4H3,(H,28,32). The summed E-state index contributed by atoms with van der Waals surface area (Å²) < 4.78 is 18.2. The number of hydrogen-bond acceptors (Lipinski definition) is 7. The highest BCUT2D eigenvalue weighted by Gasteiger charge is 2.24. The fourth-order valence-corrected chi connectivity index (χ4v) is 4.18. The summed E-state index contributed by atoms with van der Waals surface area (Å²) in [5.41, 5.74) is 10.2. The number of benzene rings is 2. The van der Waals surface area contributed by atoms with E-state index in [9.17, 15) is 4.79 Å². The topological polar surface area (TPSA) is 114 Å². The van der Waals surface area contributed by atoms with Gasteiger partial charge in [0.25, 0.3) is 5.91 Å². The van der Waals surface area contributed by atoms with Gasteiger partial charge in [0.1, 0.15) is 16.9 Å². The largest absolute Gasteiger partial charge is 0.493 e. The number of aromatic nitrogens is 3. The summed E-state index contributed by atoms with van der Waals surface area (Å²) in [4.78, 5) is 22.8. The first kappa shape index (κ1) is 24.1. The van der Waals surface area contributed by atoms with Crippen molar-refractivity contribution in [3.05, 3.63) is 47.5 Å². The summed E-state index contributed by atoms with van der Waals surface area (Å²) in [5.74, 6) is 1.61. The Hall–Kier alpha value is -4.01. The van der Waals surface area contributed by atoms with E-state index >= 15 is 0 Å². The molecule has 9 nitrogen and oxygen atoms in total.